The molecule has 0 spiro atoms. The number of hydrogen-bond acceptors (Lipinski definition) is 17. The van der Waals surface area contributed by atoms with E-state index >= 15 is 0 Å². The minimum absolute atomic E-state index is 0.0582. The van der Waals surface area contributed by atoms with Crippen LogP contribution in [-0.4, -0.2) is 69.9 Å². The van der Waals surface area contributed by atoms with E-state index < -0.39 is 23.9 Å². The van der Waals surface area contributed by atoms with E-state index in [0.29, 0.717) is 5.57 Å². The van der Waals surface area contributed by atoms with Crippen molar-refractivity contribution in [3.63, 3.8) is 0 Å². The van der Waals surface area contributed by atoms with Crippen molar-refractivity contribution in [2.45, 2.75) is 34.6 Å². The van der Waals surface area contributed by atoms with Crippen molar-refractivity contribution in [2.75, 3.05) is 5.32 Å². The molecule has 5 aromatic rings. The Morgan fingerprint density at radius 1 is 0.554 bits per heavy atom. The Morgan fingerprint density at radius 3 is 1.58 bits per heavy atom. The van der Waals surface area contributed by atoms with Crippen LogP contribution in [-0.2, 0) is 24.0 Å². The summed E-state index contributed by atoms with van der Waals surface area (Å²) in [6, 6.07) is 13.9. The van der Waals surface area contributed by atoms with Gasteiger partial charge in [-0.05, 0) is 65.0 Å². The maximum atomic E-state index is 11.1. The highest BCUT2D eigenvalue weighted by Gasteiger charge is 2.10. The maximum absolute atomic E-state index is 11.1. The Hall–Kier alpha value is -9.27. The van der Waals surface area contributed by atoms with Gasteiger partial charge in [0.2, 0.25) is 11.8 Å². The van der Waals surface area contributed by atoms with Crippen LogP contribution in [0.25, 0.3) is 0 Å². The fraction of sp³-hybridized carbons (Fsp3) is 0.114. The molecule has 0 aromatic carbocycles. The summed E-state index contributed by atoms with van der Waals surface area (Å²) in [4.78, 5) is 106. The molecule has 0 saturated heterocycles. The van der Waals surface area contributed by atoms with Gasteiger partial charge in [0, 0.05) is 76.9 Å². The topological polar surface area (TPSA) is 312 Å². The first-order valence-corrected chi connectivity index (χ1v) is 18.2. The standard InChI is InChI=1S/C9H10N2O2.3C9H9NO3.C8H8N2O3/c1-6(2)9(13)11-8-7(12)4-3-5-10-8;1-6(2)9(12)13-8-5-7(11)3-4-10-8;1-6(2)9(12)13-8-7(11)4-3-5-10-8;1-6(2)9(12)13-8-5-3-4-7(11)10-8;1-5(2)7(12)13-8-9-4-3-6(11)10-8/h3-5,12H,1H2,2H3,(H,10,11,13);3-5H,1H2,2H3,(H,10,11);3-5,11H,1H2,2H3;3-5H,1H2,2H3,(H,10,11);3-4H,1H2,2H3,(H,9,10,11). The quantitative estimate of drug-likeness (QED) is 0.0828. The van der Waals surface area contributed by atoms with Crippen molar-refractivity contribution in [1.29, 1.82) is 0 Å². The molecular formula is C44H45N7O14. The number of nitrogens with one attached hydrogen (secondary N) is 4. The van der Waals surface area contributed by atoms with Gasteiger partial charge in [0.05, 0.1) is 0 Å². The molecule has 5 aromatic heterocycles. The van der Waals surface area contributed by atoms with Gasteiger partial charge in [0.15, 0.2) is 22.7 Å². The molecule has 0 fully saturated rings. The van der Waals surface area contributed by atoms with E-state index in [-0.39, 0.29) is 85.7 Å². The number of aromatic hydroxyl groups is 2. The van der Waals surface area contributed by atoms with Crippen LogP contribution in [0.3, 0.4) is 0 Å². The Balaban J connectivity index is 0.000000406. The molecule has 340 valence electrons. The predicted octanol–water partition coefficient (Wildman–Crippen LogP) is 4.53. The molecule has 0 aliphatic rings. The molecule has 0 aliphatic carbocycles. The summed E-state index contributed by atoms with van der Waals surface area (Å²) in [5.41, 5.74) is 0.519. The monoisotopic (exact) mass is 895 g/mol. The number of carbonyl (C=O) groups is 5. The van der Waals surface area contributed by atoms with Gasteiger partial charge in [-0.1, -0.05) is 39.0 Å². The molecule has 21 nitrogen and oxygen atoms in total. The minimum atomic E-state index is -0.616. The first kappa shape index (κ1) is 53.7. The summed E-state index contributed by atoms with van der Waals surface area (Å²) in [6.07, 6.45) is 5.55. The van der Waals surface area contributed by atoms with E-state index in [1.54, 1.807) is 13.0 Å². The molecule has 0 unspecified atom stereocenters. The van der Waals surface area contributed by atoms with Gasteiger partial charge in [-0.15, -0.1) is 0 Å². The van der Waals surface area contributed by atoms with Crippen LogP contribution in [0.2, 0.25) is 0 Å². The van der Waals surface area contributed by atoms with Gasteiger partial charge in [-0.25, -0.2) is 34.1 Å². The van der Waals surface area contributed by atoms with Crippen molar-refractivity contribution in [1.82, 2.24) is 29.9 Å². The van der Waals surface area contributed by atoms with E-state index in [9.17, 15) is 48.6 Å². The highest BCUT2D eigenvalue weighted by atomic mass is 16.6. The molecule has 1 amide bonds. The Morgan fingerprint density at radius 2 is 1.08 bits per heavy atom. The van der Waals surface area contributed by atoms with E-state index in [4.69, 9.17) is 14.2 Å². The number of carbonyl (C=O) groups excluding carboxylic acids is 5. The lowest BCUT2D eigenvalue weighted by atomic mass is 10.3. The second-order valence-electron chi connectivity index (χ2n) is 12.6. The first-order valence-electron chi connectivity index (χ1n) is 18.2. The van der Waals surface area contributed by atoms with Crippen molar-refractivity contribution >= 4 is 35.6 Å². The minimum Gasteiger partial charge on any atom is -0.504 e. The third kappa shape index (κ3) is 22.2. The first-order chi connectivity index (χ1) is 30.5. The van der Waals surface area contributed by atoms with Crippen molar-refractivity contribution in [3.8, 4) is 35.1 Å². The number of pyridine rings is 4. The number of aromatic amines is 3. The second-order valence-corrected chi connectivity index (χ2v) is 12.6. The predicted molar refractivity (Wildman–Crippen MR) is 236 cm³/mol. The second kappa shape index (κ2) is 27.6. The third-order valence-corrected chi connectivity index (χ3v) is 6.47. The van der Waals surface area contributed by atoms with E-state index in [0.717, 1.165) is 0 Å². The fourth-order valence-corrected chi connectivity index (χ4v) is 3.27. The Labute approximate surface area is 370 Å². The summed E-state index contributed by atoms with van der Waals surface area (Å²) in [5, 5.41) is 20.8. The van der Waals surface area contributed by atoms with Crippen LogP contribution in [0.5, 0.6) is 35.1 Å². The van der Waals surface area contributed by atoms with Crippen molar-refractivity contribution in [3.05, 3.63) is 177 Å². The highest BCUT2D eigenvalue weighted by molar-refractivity contribution is 6.02. The summed E-state index contributed by atoms with van der Waals surface area (Å²) in [7, 11) is 0. The molecule has 5 rings (SSSR count). The van der Waals surface area contributed by atoms with Gasteiger partial charge in [0.25, 0.3) is 22.9 Å². The lowest BCUT2D eigenvalue weighted by Crippen LogP contribution is -2.14. The molecule has 0 atom stereocenters. The SMILES string of the molecule is C=C(C)C(=O)Nc1ncccc1O.C=C(C)C(=O)Oc1cc(=O)cc[nH]1.C=C(C)C(=O)Oc1cccc(=O)[nH]1.C=C(C)C(=O)Oc1nccc(=O)[nH]1.C=C(C)C(=O)Oc1ncccc1O. The summed E-state index contributed by atoms with van der Waals surface area (Å²) in [5.74, 6) is -2.61. The van der Waals surface area contributed by atoms with Crippen LogP contribution in [0.4, 0.5) is 5.82 Å². The lowest BCUT2D eigenvalue weighted by molar-refractivity contribution is -0.131. The molecule has 21 heteroatoms. The van der Waals surface area contributed by atoms with Gasteiger partial charge in [-0.2, -0.15) is 0 Å². The number of ether oxygens (including phenoxy) is 4. The number of hydrogen-bond donors (Lipinski definition) is 6. The van der Waals surface area contributed by atoms with Crippen molar-refractivity contribution < 1.29 is 53.1 Å². The lowest BCUT2D eigenvalue weighted by Gasteiger charge is -2.04. The van der Waals surface area contributed by atoms with E-state index in [2.05, 4.69) is 72.9 Å². The molecule has 65 heavy (non-hydrogen) atoms. The van der Waals surface area contributed by atoms with Crippen LogP contribution in [0.1, 0.15) is 34.6 Å². The van der Waals surface area contributed by atoms with E-state index in [1.807, 2.05) is 0 Å². The van der Waals surface area contributed by atoms with Crippen molar-refractivity contribution in [2.24, 2.45) is 0 Å². The zero-order valence-corrected chi connectivity index (χ0v) is 35.8. The van der Waals surface area contributed by atoms with Crippen LogP contribution < -0.4 is 40.8 Å². The van der Waals surface area contributed by atoms with Crippen LogP contribution in [0, 0.1) is 0 Å². The highest BCUT2D eigenvalue weighted by Crippen LogP contribution is 2.21. The van der Waals surface area contributed by atoms with Crippen LogP contribution >= 0.6 is 0 Å². The molecular weight excluding hydrogens is 851 g/mol. The zero-order valence-electron chi connectivity index (χ0n) is 35.8. The number of rotatable bonds is 10. The number of aromatic nitrogens is 6. The molecule has 0 aliphatic heterocycles. The maximum Gasteiger partial charge on any atom is 0.340 e. The molecule has 6 N–H and O–H groups in total. The summed E-state index contributed by atoms with van der Waals surface area (Å²) < 4.78 is 18.9. The smallest absolute Gasteiger partial charge is 0.340 e. The Kier molecular flexibility index (Phi) is 22.8. The Bertz CT molecular complexity index is 2480. The van der Waals surface area contributed by atoms with Gasteiger partial charge >= 0.3 is 29.9 Å². The molecule has 5 heterocycles. The summed E-state index contributed by atoms with van der Waals surface area (Å²) >= 11 is 0. The average molecular weight is 896 g/mol. The van der Waals surface area contributed by atoms with E-state index in [1.165, 1.54) is 107 Å². The average Bonchev–Trinajstić information content (AvgIpc) is 3.23. The third-order valence-electron chi connectivity index (χ3n) is 6.47. The molecule has 0 saturated carbocycles. The largest absolute Gasteiger partial charge is 0.504 e. The molecule has 0 radical (unpaired) electrons. The number of nitrogens with zero attached hydrogens (tertiary/aromatic N) is 3. The zero-order chi connectivity index (χ0) is 49.2. The van der Waals surface area contributed by atoms with Crippen LogP contribution in [0.15, 0.2) is 161 Å². The normalized spacial score (nSPS) is 9.31. The van der Waals surface area contributed by atoms with Gasteiger partial charge in [0.1, 0.15) is 0 Å². The number of amides is 1. The van der Waals surface area contributed by atoms with Gasteiger partial charge in [-0.3, -0.25) is 29.1 Å². The summed E-state index contributed by atoms with van der Waals surface area (Å²) in [6.45, 7) is 24.7. The number of anilines is 1. The fourth-order valence-electron chi connectivity index (χ4n) is 3.27. The number of esters is 4. The molecule has 0 bridgehead atoms. The van der Waals surface area contributed by atoms with Gasteiger partial charge < -0.3 is 39.5 Å². The number of H-pyrrole nitrogens is 3.